The molecule has 1 heterocycles. The zero-order valence-corrected chi connectivity index (χ0v) is 20.3. The van der Waals surface area contributed by atoms with Crippen LogP contribution in [0.5, 0.6) is 0 Å². The van der Waals surface area contributed by atoms with Gasteiger partial charge in [-0.05, 0) is 51.5 Å². The van der Waals surface area contributed by atoms with E-state index in [1.807, 2.05) is 32.9 Å². The van der Waals surface area contributed by atoms with E-state index in [-0.39, 0.29) is 36.3 Å². The zero-order chi connectivity index (χ0) is 20.9. The molecule has 1 atom stereocenters. The number of aryl methyl sites for hydroxylation is 2. The first kappa shape index (κ1) is 25.2. The molecule has 3 N–H and O–H groups in total. The Kier molecular flexibility index (Phi) is 9.41. The molecule has 6 nitrogen and oxygen atoms in total. The third-order valence-corrected chi connectivity index (χ3v) is 4.48. The van der Waals surface area contributed by atoms with E-state index in [0.717, 1.165) is 16.9 Å². The van der Waals surface area contributed by atoms with Gasteiger partial charge in [0.2, 0.25) is 0 Å². The van der Waals surface area contributed by atoms with Gasteiger partial charge < -0.3 is 25.1 Å². The molecule has 0 amide bonds. The molecule has 0 aliphatic heterocycles. The number of aliphatic hydroxyl groups is 1. The van der Waals surface area contributed by atoms with Gasteiger partial charge >= 0.3 is 0 Å². The molecule has 2 rings (SSSR count). The van der Waals surface area contributed by atoms with E-state index in [0.29, 0.717) is 30.5 Å². The molecular weight excluding hydrogens is 486 g/mol. The highest BCUT2D eigenvalue weighted by molar-refractivity contribution is 14.0. The van der Waals surface area contributed by atoms with E-state index < -0.39 is 5.60 Å². The summed E-state index contributed by atoms with van der Waals surface area (Å²) in [4.78, 5) is 6.24. The summed E-state index contributed by atoms with van der Waals surface area (Å²) in [6.45, 7) is 8.64. The maximum absolute atomic E-state index is 14.1. The van der Waals surface area contributed by atoms with E-state index in [2.05, 4.69) is 15.6 Å². The number of anilines is 1. The highest BCUT2D eigenvalue weighted by atomic mass is 127. The predicted octanol–water partition coefficient (Wildman–Crippen LogP) is 3.68. The summed E-state index contributed by atoms with van der Waals surface area (Å²) in [5, 5.41) is 17.1. The van der Waals surface area contributed by atoms with Crippen molar-refractivity contribution < 1.29 is 13.9 Å². The molecule has 1 aromatic heterocycles. The van der Waals surface area contributed by atoms with Crippen LogP contribution >= 0.6 is 24.0 Å². The van der Waals surface area contributed by atoms with Crippen molar-refractivity contribution in [3.05, 3.63) is 52.7 Å². The molecule has 1 aromatic carbocycles. The first-order chi connectivity index (χ1) is 13.1. The van der Waals surface area contributed by atoms with Gasteiger partial charge in [-0.25, -0.2) is 9.38 Å². The Morgan fingerprint density at radius 1 is 1.24 bits per heavy atom. The number of hydrogen-bond donors (Lipinski definition) is 3. The molecule has 8 heteroatoms. The summed E-state index contributed by atoms with van der Waals surface area (Å²) >= 11 is 0. The highest BCUT2D eigenvalue weighted by Gasteiger charge is 2.27. The molecule has 0 fully saturated rings. The van der Waals surface area contributed by atoms with Gasteiger partial charge in [-0.1, -0.05) is 6.07 Å². The second kappa shape index (κ2) is 10.8. The van der Waals surface area contributed by atoms with Crippen LogP contribution in [0.3, 0.4) is 0 Å². The molecule has 0 aliphatic carbocycles. The minimum Gasteiger partial charge on any atom is -0.466 e. The van der Waals surface area contributed by atoms with Crippen molar-refractivity contribution in [1.29, 1.82) is 0 Å². The van der Waals surface area contributed by atoms with Gasteiger partial charge in [-0.15, -0.1) is 24.0 Å². The van der Waals surface area contributed by atoms with Gasteiger partial charge in [0.25, 0.3) is 0 Å². The predicted molar refractivity (Wildman–Crippen MR) is 127 cm³/mol. The SMILES string of the molecule is CCNC(=NCc1ccc(N(C)C)c(F)c1)NCC(C)(O)c1cc(C)oc1C.I. The lowest BCUT2D eigenvalue weighted by molar-refractivity contribution is 0.0601. The van der Waals surface area contributed by atoms with Crippen molar-refractivity contribution in [3.8, 4) is 0 Å². The van der Waals surface area contributed by atoms with Crippen LogP contribution in [0.25, 0.3) is 0 Å². The molecular formula is C21H32FIN4O2. The molecule has 2 aromatic rings. The Morgan fingerprint density at radius 2 is 1.93 bits per heavy atom. The minimum absolute atomic E-state index is 0. The molecule has 1 unspecified atom stereocenters. The Bertz CT molecular complexity index is 834. The lowest BCUT2D eigenvalue weighted by atomic mass is 9.96. The van der Waals surface area contributed by atoms with Gasteiger partial charge in [-0.3, -0.25) is 0 Å². The zero-order valence-electron chi connectivity index (χ0n) is 18.0. The third-order valence-electron chi connectivity index (χ3n) is 4.48. The highest BCUT2D eigenvalue weighted by Crippen LogP contribution is 2.26. The Labute approximate surface area is 189 Å². The number of aliphatic imine (C=N–C) groups is 1. The normalized spacial score (nSPS) is 13.4. The smallest absolute Gasteiger partial charge is 0.191 e. The van der Waals surface area contributed by atoms with Crippen LogP contribution in [0.15, 0.2) is 33.7 Å². The topological polar surface area (TPSA) is 73.0 Å². The van der Waals surface area contributed by atoms with Crippen LogP contribution in [0.4, 0.5) is 10.1 Å². The molecule has 0 spiro atoms. The summed E-state index contributed by atoms with van der Waals surface area (Å²) in [5.74, 6) is 1.74. The van der Waals surface area contributed by atoms with Gasteiger partial charge in [0, 0.05) is 26.2 Å². The second-order valence-corrected chi connectivity index (χ2v) is 7.33. The van der Waals surface area contributed by atoms with Crippen LogP contribution in [0.1, 0.15) is 36.5 Å². The molecule has 0 aliphatic rings. The van der Waals surface area contributed by atoms with Crippen LogP contribution < -0.4 is 15.5 Å². The number of halogens is 2. The number of hydrogen-bond acceptors (Lipinski definition) is 4. The van der Waals surface area contributed by atoms with Crippen LogP contribution in [-0.4, -0.2) is 38.3 Å². The summed E-state index contributed by atoms with van der Waals surface area (Å²) < 4.78 is 19.7. The van der Waals surface area contributed by atoms with Crippen molar-refractivity contribution in [1.82, 2.24) is 10.6 Å². The maximum Gasteiger partial charge on any atom is 0.191 e. The average molecular weight is 518 g/mol. The molecule has 0 radical (unpaired) electrons. The fraction of sp³-hybridized carbons (Fsp3) is 0.476. The molecule has 0 saturated carbocycles. The monoisotopic (exact) mass is 518 g/mol. The lowest BCUT2D eigenvalue weighted by Crippen LogP contribution is -2.44. The summed E-state index contributed by atoms with van der Waals surface area (Å²) in [7, 11) is 3.61. The number of guanidine groups is 1. The van der Waals surface area contributed by atoms with Gasteiger partial charge in [0.05, 0.1) is 18.8 Å². The van der Waals surface area contributed by atoms with Crippen LogP contribution in [-0.2, 0) is 12.1 Å². The fourth-order valence-corrected chi connectivity index (χ4v) is 3.04. The van der Waals surface area contributed by atoms with Crippen molar-refractivity contribution in [3.63, 3.8) is 0 Å². The van der Waals surface area contributed by atoms with Crippen molar-refractivity contribution >= 4 is 35.6 Å². The first-order valence-electron chi connectivity index (χ1n) is 9.42. The molecule has 0 bridgehead atoms. The van der Waals surface area contributed by atoms with Crippen molar-refractivity contribution in [2.24, 2.45) is 4.99 Å². The first-order valence-corrected chi connectivity index (χ1v) is 9.42. The quantitative estimate of drug-likeness (QED) is 0.297. The summed E-state index contributed by atoms with van der Waals surface area (Å²) in [5.41, 5.74) is 0.944. The number of nitrogens with one attached hydrogen (secondary N) is 2. The van der Waals surface area contributed by atoms with Gasteiger partial charge in [-0.2, -0.15) is 0 Å². The van der Waals surface area contributed by atoms with E-state index >= 15 is 0 Å². The Balaban J connectivity index is 0.00000420. The average Bonchev–Trinajstić information content (AvgIpc) is 2.96. The standard InChI is InChI=1S/C21H31FN4O2.HI/c1-7-23-20(24-12-16-8-9-19(26(5)6)18(22)11-16)25-13-21(4,27)17-10-14(2)28-15(17)3;/h8-11,27H,7,12-13H2,1-6H3,(H2,23,24,25);1H. The van der Waals surface area contributed by atoms with Crippen LogP contribution in [0.2, 0.25) is 0 Å². The number of nitrogens with zero attached hydrogens (tertiary/aromatic N) is 2. The Hall–Kier alpha value is -1.81. The van der Waals surface area contributed by atoms with E-state index in [4.69, 9.17) is 4.42 Å². The number of benzene rings is 1. The number of furan rings is 1. The molecule has 0 saturated heterocycles. The minimum atomic E-state index is -1.11. The third kappa shape index (κ3) is 6.88. The largest absolute Gasteiger partial charge is 0.466 e. The summed E-state index contributed by atoms with van der Waals surface area (Å²) in [6, 6.07) is 6.95. The molecule has 162 valence electrons. The number of rotatable bonds is 7. The maximum atomic E-state index is 14.1. The van der Waals surface area contributed by atoms with Crippen molar-refractivity contribution in [2.75, 3.05) is 32.1 Å². The van der Waals surface area contributed by atoms with Crippen LogP contribution in [0, 0.1) is 19.7 Å². The summed E-state index contributed by atoms with van der Waals surface area (Å²) in [6.07, 6.45) is 0. The van der Waals surface area contributed by atoms with Gasteiger partial charge in [0.1, 0.15) is 22.9 Å². The van der Waals surface area contributed by atoms with Gasteiger partial charge in [0.15, 0.2) is 5.96 Å². The second-order valence-electron chi connectivity index (χ2n) is 7.33. The molecule has 29 heavy (non-hydrogen) atoms. The fourth-order valence-electron chi connectivity index (χ4n) is 3.04. The lowest BCUT2D eigenvalue weighted by Gasteiger charge is -2.24. The van der Waals surface area contributed by atoms with Crippen molar-refractivity contribution in [2.45, 2.75) is 39.8 Å². The Morgan fingerprint density at radius 3 is 2.45 bits per heavy atom. The van der Waals surface area contributed by atoms with E-state index in [9.17, 15) is 9.50 Å². The van der Waals surface area contributed by atoms with E-state index in [1.54, 1.807) is 32.0 Å². The van der Waals surface area contributed by atoms with E-state index in [1.165, 1.54) is 6.07 Å².